The number of amides is 1. The van der Waals surface area contributed by atoms with Crippen LogP contribution in [0.25, 0.3) is 0 Å². The molecule has 1 atom stereocenters. The molecular weight excluding hydrogens is 467 g/mol. The number of rotatable bonds is 8. The van der Waals surface area contributed by atoms with Crippen LogP contribution in [-0.2, 0) is 9.53 Å². The summed E-state index contributed by atoms with van der Waals surface area (Å²) < 4.78 is 5.25. The molecular formula is C21H39IN4O2. The minimum Gasteiger partial charge on any atom is -0.385 e. The molecule has 6 nitrogen and oxygen atoms in total. The Morgan fingerprint density at radius 3 is 2.61 bits per heavy atom. The van der Waals surface area contributed by atoms with Gasteiger partial charge in [0.1, 0.15) is 0 Å². The van der Waals surface area contributed by atoms with Crippen LogP contribution in [0.3, 0.4) is 0 Å². The molecule has 1 aliphatic heterocycles. The lowest BCUT2D eigenvalue weighted by atomic mass is 9.88. The number of likely N-dealkylation sites (tertiary alicyclic amines) is 1. The van der Waals surface area contributed by atoms with Gasteiger partial charge in [-0.1, -0.05) is 19.3 Å². The zero-order chi connectivity index (χ0) is 19.1. The Balaban J connectivity index is 0.00000280. The summed E-state index contributed by atoms with van der Waals surface area (Å²) in [6.07, 6.45) is 10.5. The van der Waals surface area contributed by atoms with Gasteiger partial charge in [0.25, 0.3) is 0 Å². The number of methoxy groups -OCH3 is 1. The fourth-order valence-electron chi connectivity index (χ4n) is 4.43. The molecule has 0 aromatic heterocycles. The molecule has 0 aromatic carbocycles. The van der Waals surface area contributed by atoms with E-state index in [1.807, 2.05) is 0 Å². The maximum Gasteiger partial charge on any atom is 0.225 e. The Hall–Kier alpha value is -0.570. The second-order valence-corrected chi connectivity index (χ2v) is 8.69. The minimum absolute atomic E-state index is 0. The average Bonchev–Trinajstić information content (AvgIpc) is 3.33. The molecule has 1 heterocycles. The largest absolute Gasteiger partial charge is 0.385 e. The van der Waals surface area contributed by atoms with Gasteiger partial charge in [-0.05, 0) is 50.9 Å². The van der Waals surface area contributed by atoms with E-state index < -0.39 is 0 Å². The highest BCUT2D eigenvalue weighted by Gasteiger charge is 2.42. The zero-order valence-electron chi connectivity index (χ0n) is 17.7. The molecule has 1 saturated heterocycles. The van der Waals surface area contributed by atoms with Gasteiger partial charge in [0.15, 0.2) is 5.96 Å². The van der Waals surface area contributed by atoms with E-state index in [9.17, 15) is 4.79 Å². The third kappa shape index (κ3) is 6.75. The van der Waals surface area contributed by atoms with Crippen LogP contribution in [0.2, 0.25) is 0 Å². The fraction of sp³-hybridized carbons (Fsp3) is 0.905. The van der Waals surface area contributed by atoms with Crippen molar-refractivity contribution in [2.45, 2.75) is 70.8 Å². The summed E-state index contributed by atoms with van der Waals surface area (Å²) in [6.45, 7) is 6.33. The van der Waals surface area contributed by atoms with Gasteiger partial charge >= 0.3 is 0 Å². The maximum atomic E-state index is 12.8. The third-order valence-electron chi connectivity index (χ3n) is 6.51. The monoisotopic (exact) mass is 506 g/mol. The van der Waals surface area contributed by atoms with E-state index in [1.165, 1.54) is 32.1 Å². The number of hydrogen-bond acceptors (Lipinski definition) is 3. The molecule has 1 amide bonds. The van der Waals surface area contributed by atoms with Crippen molar-refractivity contribution in [3.05, 3.63) is 0 Å². The number of carbonyl (C=O) groups is 1. The Bertz CT molecular complexity index is 519. The van der Waals surface area contributed by atoms with Crippen LogP contribution in [0.5, 0.6) is 0 Å². The quantitative estimate of drug-likeness (QED) is 0.302. The predicted octanol–water partition coefficient (Wildman–Crippen LogP) is 3.16. The molecule has 162 valence electrons. The molecule has 0 aromatic rings. The van der Waals surface area contributed by atoms with E-state index >= 15 is 0 Å². The van der Waals surface area contributed by atoms with Crippen LogP contribution in [0, 0.1) is 11.3 Å². The lowest BCUT2D eigenvalue weighted by Gasteiger charge is -2.26. The zero-order valence-corrected chi connectivity index (χ0v) is 20.0. The molecule has 28 heavy (non-hydrogen) atoms. The number of ether oxygens (including phenoxy) is 1. The Morgan fingerprint density at radius 1 is 1.21 bits per heavy atom. The van der Waals surface area contributed by atoms with E-state index in [0.29, 0.717) is 17.4 Å². The van der Waals surface area contributed by atoms with Crippen molar-refractivity contribution in [1.29, 1.82) is 0 Å². The normalized spacial score (nSPS) is 24.6. The van der Waals surface area contributed by atoms with Crippen molar-refractivity contribution in [2.75, 3.05) is 39.9 Å². The molecule has 0 spiro atoms. The Labute approximate surface area is 187 Å². The molecule has 0 radical (unpaired) electrons. The van der Waals surface area contributed by atoms with Gasteiger partial charge in [0.2, 0.25) is 5.91 Å². The SMILES string of the molecule is CCNC(=NCC1(CCOC)CC1)NC1CCN(C(=O)C2CCCCC2)C1.I. The number of halogens is 1. The molecule has 3 rings (SSSR count). The summed E-state index contributed by atoms with van der Waals surface area (Å²) in [5.74, 6) is 1.56. The molecule has 0 bridgehead atoms. The summed E-state index contributed by atoms with van der Waals surface area (Å²) >= 11 is 0. The molecule has 7 heteroatoms. The lowest BCUT2D eigenvalue weighted by Crippen LogP contribution is -2.45. The van der Waals surface area contributed by atoms with E-state index in [2.05, 4.69) is 22.5 Å². The van der Waals surface area contributed by atoms with Crippen molar-refractivity contribution in [2.24, 2.45) is 16.3 Å². The van der Waals surface area contributed by atoms with E-state index in [0.717, 1.165) is 64.4 Å². The Morgan fingerprint density at radius 2 is 1.96 bits per heavy atom. The first-order chi connectivity index (χ1) is 13.2. The number of carbonyl (C=O) groups excluding carboxylic acids is 1. The third-order valence-corrected chi connectivity index (χ3v) is 6.51. The van der Waals surface area contributed by atoms with Crippen LogP contribution in [0.1, 0.15) is 64.7 Å². The van der Waals surface area contributed by atoms with Gasteiger partial charge < -0.3 is 20.3 Å². The highest BCUT2D eigenvalue weighted by molar-refractivity contribution is 14.0. The van der Waals surface area contributed by atoms with Gasteiger partial charge in [0, 0.05) is 51.9 Å². The summed E-state index contributed by atoms with van der Waals surface area (Å²) in [7, 11) is 1.77. The van der Waals surface area contributed by atoms with E-state index in [1.54, 1.807) is 7.11 Å². The van der Waals surface area contributed by atoms with Crippen LogP contribution >= 0.6 is 24.0 Å². The van der Waals surface area contributed by atoms with Crippen molar-refractivity contribution in [3.8, 4) is 0 Å². The first-order valence-electron chi connectivity index (χ1n) is 11.0. The minimum atomic E-state index is 0. The standard InChI is InChI=1S/C21H38N4O2.HI/c1-3-22-20(23-16-21(10-11-21)12-14-27-2)24-18-9-13-25(15-18)19(26)17-7-5-4-6-8-17;/h17-18H,3-16H2,1-2H3,(H2,22,23,24);1H. The molecule has 3 fully saturated rings. The maximum absolute atomic E-state index is 12.8. The predicted molar refractivity (Wildman–Crippen MR) is 124 cm³/mol. The number of nitrogens with one attached hydrogen (secondary N) is 2. The number of aliphatic imine (C=N–C) groups is 1. The van der Waals surface area contributed by atoms with Crippen LogP contribution in [0.4, 0.5) is 0 Å². The molecule has 2 saturated carbocycles. The topological polar surface area (TPSA) is 66.0 Å². The summed E-state index contributed by atoms with van der Waals surface area (Å²) in [4.78, 5) is 19.7. The first-order valence-corrected chi connectivity index (χ1v) is 11.0. The second kappa shape index (κ2) is 11.6. The van der Waals surface area contributed by atoms with E-state index in [4.69, 9.17) is 9.73 Å². The fourth-order valence-corrected chi connectivity index (χ4v) is 4.43. The molecule has 1 unspecified atom stereocenters. The van der Waals surface area contributed by atoms with Gasteiger partial charge in [-0.3, -0.25) is 9.79 Å². The van der Waals surface area contributed by atoms with Crippen LogP contribution < -0.4 is 10.6 Å². The highest BCUT2D eigenvalue weighted by Crippen LogP contribution is 2.48. The van der Waals surface area contributed by atoms with Crippen LogP contribution in [-0.4, -0.2) is 62.7 Å². The lowest BCUT2D eigenvalue weighted by molar-refractivity contribution is -0.135. The summed E-state index contributed by atoms with van der Waals surface area (Å²) in [6, 6.07) is 0.310. The highest BCUT2D eigenvalue weighted by atomic mass is 127. The second-order valence-electron chi connectivity index (χ2n) is 8.69. The van der Waals surface area contributed by atoms with E-state index in [-0.39, 0.29) is 29.9 Å². The van der Waals surface area contributed by atoms with Gasteiger partial charge in [0.05, 0.1) is 0 Å². The molecule has 2 N–H and O–H groups in total. The summed E-state index contributed by atoms with van der Waals surface area (Å²) in [5.41, 5.74) is 0.358. The van der Waals surface area contributed by atoms with Crippen molar-refractivity contribution in [3.63, 3.8) is 0 Å². The Kier molecular flexibility index (Phi) is 9.80. The summed E-state index contributed by atoms with van der Waals surface area (Å²) in [5, 5.41) is 6.95. The number of hydrogen-bond donors (Lipinski definition) is 2. The average molecular weight is 506 g/mol. The number of guanidine groups is 1. The van der Waals surface area contributed by atoms with Gasteiger partial charge in [-0.25, -0.2) is 0 Å². The molecule has 3 aliphatic rings. The van der Waals surface area contributed by atoms with Crippen LogP contribution in [0.15, 0.2) is 4.99 Å². The van der Waals surface area contributed by atoms with Crippen molar-refractivity contribution < 1.29 is 9.53 Å². The van der Waals surface area contributed by atoms with Gasteiger partial charge in [-0.15, -0.1) is 24.0 Å². The van der Waals surface area contributed by atoms with Crippen molar-refractivity contribution in [1.82, 2.24) is 15.5 Å². The van der Waals surface area contributed by atoms with Crippen molar-refractivity contribution >= 4 is 35.8 Å². The smallest absolute Gasteiger partial charge is 0.225 e. The first kappa shape index (κ1) is 23.7. The molecule has 2 aliphatic carbocycles. The number of nitrogens with zero attached hydrogens (tertiary/aromatic N) is 2. The van der Waals surface area contributed by atoms with Gasteiger partial charge in [-0.2, -0.15) is 0 Å².